The number of amides is 1. The normalized spacial score (nSPS) is 14.2. The van der Waals surface area contributed by atoms with Gasteiger partial charge in [-0.25, -0.2) is 4.68 Å². The Balaban J connectivity index is 1.46. The minimum absolute atomic E-state index is 0.123. The molecule has 5 N–H and O–H groups in total. The van der Waals surface area contributed by atoms with Gasteiger partial charge in [0.1, 0.15) is 11.4 Å². The number of nitrogens with zero attached hydrogens (tertiary/aromatic N) is 2. The lowest BCUT2D eigenvalue weighted by molar-refractivity contribution is -0.141. The number of nitrogens with one attached hydrogen (secondary N) is 2. The summed E-state index contributed by atoms with van der Waals surface area (Å²) in [6.45, 7) is 0.990. The molecular weight excluding hydrogens is 587 g/mol. The van der Waals surface area contributed by atoms with Crippen molar-refractivity contribution >= 4 is 27.5 Å². The zero-order valence-corrected chi connectivity index (χ0v) is 22.8. The average molecular weight is 614 g/mol. The predicted octanol–water partition coefficient (Wildman–Crippen LogP) is 6.16. The number of rotatable bonds is 9. The summed E-state index contributed by atoms with van der Waals surface area (Å²) in [5.74, 6) is -0.0162. The van der Waals surface area contributed by atoms with Crippen LogP contribution >= 0.6 is 15.9 Å². The van der Waals surface area contributed by atoms with Crippen LogP contribution in [0.5, 0.6) is 5.75 Å². The molecule has 0 saturated heterocycles. The quantitative estimate of drug-likeness (QED) is 0.181. The van der Waals surface area contributed by atoms with Crippen molar-refractivity contribution < 1.29 is 23.1 Å². The molecule has 1 amide bonds. The van der Waals surface area contributed by atoms with Crippen molar-refractivity contribution in [1.82, 2.24) is 15.1 Å². The van der Waals surface area contributed by atoms with Gasteiger partial charge in [-0.15, -0.1) is 0 Å². The maximum absolute atomic E-state index is 13.6. The molecule has 1 atom stereocenters. The molecule has 0 spiro atoms. The average Bonchev–Trinajstić information content (AvgIpc) is 3.64. The Morgan fingerprint density at radius 1 is 1.07 bits per heavy atom. The van der Waals surface area contributed by atoms with Crippen LogP contribution in [0.15, 0.2) is 77.3 Å². The van der Waals surface area contributed by atoms with Gasteiger partial charge in [-0.1, -0.05) is 30.3 Å². The fraction of sp³-hybridized carbons (Fsp3) is 0.241. The molecule has 0 radical (unpaired) electrons. The Morgan fingerprint density at radius 3 is 2.52 bits per heavy atom. The zero-order valence-electron chi connectivity index (χ0n) is 21.3. The molecule has 1 aliphatic carbocycles. The van der Waals surface area contributed by atoms with Gasteiger partial charge in [-0.05, 0) is 94.3 Å². The third-order valence-electron chi connectivity index (χ3n) is 6.71. The van der Waals surface area contributed by atoms with Crippen LogP contribution in [0.1, 0.15) is 51.8 Å². The van der Waals surface area contributed by atoms with Crippen LogP contribution < -0.4 is 16.4 Å². The van der Waals surface area contributed by atoms with Gasteiger partial charge < -0.3 is 21.5 Å². The van der Waals surface area contributed by atoms with Gasteiger partial charge in [0.25, 0.3) is 5.91 Å². The lowest BCUT2D eigenvalue weighted by Gasteiger charge is -2.21. The minimum atomic E-state index is -4.73. The zero-order chi connectivity index (χ0) is 28.4. The topological polar surface area (TPSA) is 105 Å². The summed E-state index contributed by atoms with van der Waals surface area (Å²) in [4.78, 5) is 13.3. The monoisotopic (exact) mass is 613 g/mol. The van der Waals surface area contributed by atoms with Crippen LogP contribution in [0.25, 0.3) is 5.69 Å². The van der Waals surface area contributed by atoms with Crippen molar-refractivity contribution in [3.63, 3.8) is 0 Å². The summed E-state index contributed by atoms with van der Waals surface area (Å²) in [5.41, 5.74) is 7.40. The second kappa shape index (κ2) is 11.4. The Kier molecular flexibility index (Phi) is 7.97. The third-order valence-corrected chi connectivity index (χ3v) is 7.35. The van der Waals surface area contributed by atoms with Crippen molar-refractivity contribution in [2.24, 2.45) is 11.7 Å². The van der Waals surface area contributed by atoms with E-state index >= 15 is 0 Å². The first-order valence-corrected chi connectivity index (χ1v) is 13.5. The van der Waals surface area contributed by atoms with Crippen molar-refractivity contribution in [3.8, 4) is 11.4 Å². The molecule has 0 bridgehead atoms. The number of anilines is 1. The van der Waals surface area contributed by atoms with Crippen LogP contribution in [0.4, 0.5) is 18.9 Å². The Labute approximate surface area is 237 Å². The number of aromatic nitrogens is 2. The number of alkyl halides is 3. The van der Waals surface area contributed by atoms with Crippen LogP contribution in [-0.4, -0.2) is 27.3 Å². The van der Waals surface area contributed by atoms with Gasteiger partial charge >= 0.3 is 6.18 Å². The van der Waals surface area contributed by atoms with Gasteiger partial charge in [0, 0.05) is 18.3 Å². The molecule has 5 rings (SSSR count). The highest BCUT2D eigenvalue weighted by atomic mass is 79.9. The fourth-order valence-electron chi connectivity index (χ4n) is 4.42. The van der Waals surface area contributed by atoms with E-state index in [1.54, 1.807) is 48.5 Å². The van der Waals surface area contributed by atoms with Crippen LogP contribution in [0.2, 0.25) is 0 Å². The largest absolute Gasteiger partial charge is 0.507 e. The molecule has 1 heterocycles. The van der Waals surface area contributed by atoms with Crippen molar-refractivity contribution in [1.29, 1.82) is 0 Å². The maximum atomic E-state index is 13.6. The number of benzene rings is 3. The van der Waals surface area contributed by atoms with Crippen molar-refractivity contribution in [3.05, 3.63) is 105 Å². The van der Waals surface area contributed by atoms with E-state index in [9.17, 15) is 23.1 Å². The Bertz CT molecular complexity index is 1530. The molecule has 1 fully saturated rings. The highest BCUT2D eigenvalue weighted by Gasteiger charge is 2.36. The first kappa shape index (κ1) is 27.9. The van der Waals surface area contributed by atoms with E-state index in [4.69, 9.17) is 5.73 Å². The van der Waals surface area contributed by atoms with Crippen LogP contribution in [-0.2, 0) is 12.7 Å². The van der Waals surface area contributed by atoms with Gasteiger partial charge in [0.05, 0.1) is 16.2 Å². The maximum Gasteiger partial charge on any atom is 0.435 e. The molecule has 1 unspecified atom stereocenters. The number of carbonyl (C=O) groups is 1. The summed E-state index contributed by atoms with van der Waals surface area (Å²) in [5, 5.41) is 20.0. The number of hydrogen-bond donors (Lipinski definition) is 4. The third kappa shape index (κ3) is 6.38. The lowest BCUT2D eigenvalue weighted by Crippen LogP contribution is -2.25. The van der Waals surface area contributed by atoms with E-state index in [0.29, 0.717) is 27.3 Å². The Hall–Kier alpha value is -3.67. The second-order valence-corrected chi connectivity index (χ2v) is 10.6. The van der Waals surface area contributed by atoms with Gasteiger partial charge in [0.15, 0.2) is 5.69 Å². The van der Waals surface area contributed by atoms with Gasteiger partial charge in [0.2, 0.25) is 0 Å². The van der Waals surface area contributed by atoms with Crippen molar-refractivity contribution in [2.45, 2.75) is 31.6 Å². The lowest BCUT2D eigenvalue weighted by atomic mass is 9.97. The Morgan fingerprint density at radius 2 is 1.82 bits per heavy atom. The van der Waals surface area contributed by atoms with E-state index in [1.807, 2.05) is 18.2 Å². The van der Waals surface area contributed by atoms with Crippen LogP contribution in [0.3, 0.4) is 0 Å². The van der Waals surface area contributed by atoms with Crippen LogP contribution in [0, 0.1) is 5.92 Å². The summed E-state index contributed by atoms with van der Waals surface area (Å²) in [6.07, 6.45) is -2.40. The van der Waals surface area contributed by atoms with Gasteiger partial charge in [-0.3, -0.25) is 4.79 Å². The second-order valence-electron chi connectivity index (χ2n) is 9.77. The minimum Gasteiger partial charge on any atom is -0.507 e. The number of halogens is 4. The number of hydrogen-bond acceptors (Lipinski definition) is 5. The molecular formula is C29H27BrF3N5O2. The van der Waals surface area contributed by atoms with Gasteiger partial charge in [-0.2, -0.15) is 18.3 Å². The summed E-state index contributed by atoms with van der Waals surface area (Å²) in [6, 6.07) is 19.4. The first-order chi connectivity index (χ1) is 19.1. The van der Waals surface area contributed by atoms with Crippen molar-refractivity contribution in [2.75, 3.05) is 11.9 Å². The van der Waals surface area contributed by atoms with E-state index in [2.05, 4.69) is 31.7 Å². The number of nitrogens with two attached hydrogens (primary N) is 1. The van der Waals surface area contributed by atoms with E-state index in [0.717, 1.165) is 41.3 Å². The molecule has 1 aliphatic rings. The molecule has 3 aromatic carbocycles. The summed E-state index contributed by atoms with van der Waals surface area (Å²) >= 11 is 3.37. The standard InChI is InChI=1S/C29H27BrF3N5O2/c30-23-13-20(9-10-25(23)39)27(35-16-17-7-8-17)19-4-2-5-21(12-19)36-28(40)24-14-26(29(31,32)33)37-38(24)22-6-1-3-18(11-22)15-34/h1-6,9-14,17,27,35,39H,7-8,15-16,34H2,(H,36,40). The molecule has 11 heteroatoms. The van der Waals surface area contributed by atoms with E-state index < -0.39 is 17.8 Å². The molecule has 40 heavy (non-hydrogen) atoms. The number of carbonyl (C=O) groups excluding carboxylic acids is 1. The smallest absolute Gasteiger partial charge is 0.435 e. The van der Waals surface area contributed by atoms with E-state index in [-0.39, 0.29) is 24.0 Å². The predicted molar refractivity (Wildman–Crippen MR) is 149 cm³/mol. The molecule has 0 aliphatic heterocycles. The number of phenols is 1. The fourth-order valence-corrected chi connectivity index (χ4v) is 4.82. The molecule has 1 saturated carbocycles. The summed E-state index contributed by atoms with van der Waals surface area (Å²) in [7, 11) is 0. The molecule has 208 valence electrons. The summed E-state index contributed by atoms with van der Waals surface area (Å²) < 4.78 is 42.2. The van der Waals surface area contributed by atoms with E-state index in [1.165, 1.54) is 0 Å². The molecule has 7 nitrogen and oxygen atoms in total. The first-order valence-electron chi connectivity index (χ1n) is 12.7. The number of aromatic hydroxyl groups is 1. The highest BCUT2D eigenvalue weighted by molar-refractivity contribution is 9.10. The SMILES string of the molecule is NCc1cccc(-n2nc(C(F)(F)F)cc2C(=O)Nc2cccc(C(NCC3CC3)c3ccc(O)c(Br)c3)c2)c1. The number of phenolic OH excluding ortho intramolecular Hbond substituents is 1. The molecule has 1 aromatic heterocycles. The highest BCUT2D eigenvalue weighted by Crippen LogP contribution is 2.34. The molecule has 4 aromatic rings.